The van der Waals surface area contributed by atoms with E-state index in [0.717, 1.165) is 0 Å². The second-order valence-corrected chi connectivity index (χ2v) is 1.76. The molecule has 0 saturated carbocycles. The molecular weight excluding hydrogens is 146 g/mol. The number of rotatable bonds is 1. The van der Waals surface area contributed by atoms with Crippen LogP contribution in [0.3, 0.4) is 0 Å². The molecule has 1 aromatic heterocycles. The number of esters is 1. The Bertz CT molecular complexity index is 274. The Hall–Kier alpha value is -1.65. The molecule has 0 spiro atoms. The van der Waals surface area contributed by atoms with Crippen LogP contribution in [0.1, 0.15) is 10.4 Å². The van der Waals surface area contributed by atoms with Gasteiger partial charge in [0.15, 0.2) is 6.33 Å². The lowest BCUT2D eigenvalue weighted by molar-refractivity contribution is 0.0601. The molecule has 0 saturated heterocycles. The molecule has 5 nitrogen and oxygen atoms in total. The lowest BCUT2D eigenvalue weighted by Crippen LogP contribution is -2.07. The van der Waals surface area contributed by atoms with Crippen molar-refractivity contribution in [1.29, 1.82) is 0 Å². The van der Waals surface area contributed by atoms with Crippen LogP contribution in [-0.4, -0.2) is 23.0 Å². The molecule has 0 aliphatic rings. The third-order valence-corrected chi connectivity index (χ3v) is 1.10. The number of nitrogens with zero attached hydrogens (tertiary/aromatic N) is 2. The lowest BCUT2D eigenvalue weighted by Gasteiger charge is -1.98. The molecule has 2 N–H and O–H groups in total. The van der Waals surface area contributed by atoms with E-state index < -0.39 is 5.97 Å². The molecule has 0 fully saturated rings. The first kappa shape index (κ1) is 7.46. The summed E-state index contributed by atoms with van der Waals surface area (Å²) < 4.78 is 4.40. The molecule has 1 heterocycles. The number of anilines is 1. The quantitative estimate of drug-likeness (QED) is 0.556. The van der Waals surface area contributed by atoms with Crippen LogP contribution in [0.5, 0.6) is 0 Å². The minimum Gasteiger partial charge on any atom is -0.465 e. The van der Waals surface area contributed by atoms with Crippen LogP contribution in [-0.2, 0) is 4.74 Å². The van der Waals surface area contributed by atoms with Crippen molar-refractivity contribution < 1.29 is 9.53 Å². The standard InChI is InChI=1S/C6H6N3O2/c1-11-6(10)4-2-8-3-9-5(4)7/h2H,1H3,(H2,7,8,9). The highest BCUT2D eigenvalue weighted by atomic mass is 16.5. The number of carbonyl (C=O) groups excluding carboxylic acids is 1. The summed E-state index contributed by atoms with van der Waals surface area (Å²) in [5.41, 5.74) is 5.47. The first-order valence-electron chi connectivity index (χ1n) is 2.82. The van der Waals surface area contributed by atoms with Crippen molar-refractivity contribution in [3.63, 3.8) is 0 Å². The molecule has 0 atom stereocenters. The van der Waals surface area contributed by atoms with E-state index in [9.17, 15) is 4.79 Å². The second-order valence-electron chi connectivity index (χ2n) is 1.76. The summed E-state index contributed by atoms with van der Waals surface area (Å²) in [7, 11) is 1.26. The van der Waals surface area contributed by atoms with Crippen LogP contribution in [0, 0.1) is 6.33 Å². The van der Waals surface area contributed by atoms with Crippen molar-refractivity contribution in [3.05, 3.63) is 18.1 Å². The maximum Gasteiger partial charge on any atom is 0.343 e. The fourth-order valence-electron chi connectivity index (χ4n) is 0.570. The van der Waals surface area contributed by atoms with Gasteiger partial charge in [0, 0.05) is 6.20 Å². The van der Waals surface area contributed by atoms with Crippen LogP contribution in [0.2, 0.25) is 0 Å². The SMILES string of the molecule is COC(=O)c1cn[c]nc1N. The molecule has 0 amide bonds. The van der Waals surface area contributed by atoms with Crippen molar-refractivity contribution >= 4 is 11.8 Å². The van der Waals surface area contributed by atoms with E-state index in [1.165, 1.54) is 13.3 Å². The molecular formula is C6H6N3O2. The summed E-state index contributed by atoms with van der Waals surface area (Å²) in [6.45, 7) is 0. The minimum atomic E-state index is -0.545. The number of ether oxygens (including phenoxy) is 1. The van der Waals surface area contributed by atoms with E-state index in [4.69, 9.17) is 5.73 Å². The smallest absolute Gasteiger partial charge is 0.343 e. The Morgan fingerprint density at radius 1 is 1.82 bits per heavy atom. The Morgan fingerprint density at radius 2 is 2.55 bits per heavy atom. The monoisotopic (exact) mass is 152 g/mol. The predicted octanol–water partition coefficient (Wildman–Crippen LogP) is -0.354. The second kappa shape index (κ2) is 2.96. The number of aromatic nitrogens is 2. The number of methoxy groups -OCH3 is 1. The zero-order chi connectivity index (χ0) is 8.27. The van der Waals surface area contributed by atoms with Gasteiger partial charge in [-0.2, -0.15) is 0 Å². The average Bonchev–Trinajstić information content (AvgIpc) is 2.04. The molecule has 0 aliphatic heterocycles. The van der Waals surface area contributed by atoms with Gasteiger partial charge in [0.2, 0.25) is 0 Å². The molecule has 57 valence electrons. The Kier molecular flexibility index (Phi) is 2.00. The summed E-state index contributed by atoms with van der Waals surface area (Å²) in [5.74, 6) is -0.469. The highest BCUT2D eigenvalue weighted by molar-refractivity contribution is 5.93. The van der Waals surface area contributed by atoms with Crippen molar-refractivity contribution in [3.8, 4) is 0 Å². The van der Waals surface area contributed by atoms with Crippen molar-refractivity contribution in [2.75, 3.05) is 12.8 Å². The van der Waals surface area contributed by atoms with E-state index in [-0.39, 0.29) is 11.4 Å². The summed E-state index contributed by atoms with van der Waals surface area (Å²) in [6, 6.07) is 0. The van der Waals surface area contributed by atoms with E-state index >= 15 is 0 Å². The van der Waals surface area contributed by atoms with Gasteiger partial charge in [0.25, 0.3) is 0 Å². The van der Waals surface area contributed by atoms with E-state index in [0.29, 0.717) is 0 Å². The topological polar surface area (TPSA) is 78.1 Å². The first-order chi connectivity index (χ1) is 5.25. The maximum atomic E-state index is 10.8. The third kappa shape index (κ3) is 1.43. The van der Waals surface area contributed by atoms with E-state index in [1.807, 2.05) is 0 Å². The first-order valence-corrected chi connectivity index (χ1v) is 2.82. The van der Waals surface area contributed by atoms with Gasteiger partial charge >= 0.3 is 5.97 Å². The highest BCUT2D eigenvalue weighted by Crippen LogP contribution is 2.05. The summed E-state index contributed by atoms with van der Waals surface area (Å²) in [6.07, 6.45) is 3.51. The number of hydrogen-bond acceptors (Lipinski definition) is 5. The zero-order valence-electron chi connectivity index (χ0n) is 5.87. The maximum absolute atomic E-state index is 10.8. The molecule has 0 unspecified atom stereocenters. The van der Waals surface area contributed by atoms with Crippen LogP contribution >= 0.6 is 0 Å². The number of carbonyl (C=O) groups is 1. The predicted molar refractivity (Wildman–Crippen MR) is 36.6 cm³/mol. The fraction of sp³-hybridized carbons (Fsp3) is 0.167. The molecule has 0 aromatic carbocycles. The fourth-order valence-corrected chi connectivity index (χ4v) is 0.570. The molecule has 5 heteroatoms. The summed E-state index contributed by atoms with van der Waals surface area (Å²) in [4.78, 5) is 17.8. The highest BCUT2D eigenvalue weighted by Gasteiger charge is 2.09. The number of nitrogens with two attached hydrogens (primary N) is 1. The summed E-state index contributed by atoms with van der Waals surface area (Å²) >= 11 is 0. The van der Waals surface area contributed by atoms with Crippen molar-refractivity contribution in [2.45, 2.75) is 0 Å². The largest absolute Gasteiger partial charge is 0.465 e. The van der Waals surface area contributed by atoms with Crippen LogP contribution < -0.4 is 5.73 Å². The third-order valence-electron chi connectivity index (χ3n) is 1.10. The van der Waals surface area contributed by atoms with Crippen molar-refractivity contribution in [1.82, 2.24) is 9.97 Å². The van der Waals surface area contributed by atoms with Gasteiger partial charge < -0.3 is 10.5 Å². The van der Waals surface area contributed by atoms with Gasteiger partial charge in [0.05, 0.1) is 7.11 Å². The number of hydrogen-bond donors (Lipinski definition) is 1. The molecule has 11 heavy (non-hydrogen) atoms. The molecule has 1 radical (unpaired) electrons. The molecule has 1 rings (SSSR count). The van der Waals surface area contributed by atoms with Crippen LogP contribution in [0.25, 0.3) is 0 Å². The van der Waals surface area contributed by atoms with Gasteiger partial charge in [0.1, 0.15) is 11.4 Å². The Labute approximate surface area is 63.2 Å². The zero-order valence-corrected chi connectivity index (χ0v) is 5.87. The normalized spacial score (nSPS) is 9.18. The Morgan fingerprint density at radius 3 is 3.09 bits per heavy atom. The lowest BCUT2D eigenvalue weighted by atomic mass is 10.3. The number of nitrogen functional groups attached to an aromatic ring is 1. The van der Waals surface area contributed by atoms with Crippen molar-refractivity contribution in [2.24, 2.45) is 0 Å². The Balaban J connectivity index is 3.03. The molecule has 1 aromatic rings. The van der Waals surface area contributed by atoms with Gasteiger partial charge in [-0.25, -0.2) is 14.8 Å². The summed E-state index contributed by atoms with van der Waals surface area (Å²) in [5, 5.41) is 0. The molecule has 0 bridgehead atoms. The minimum absolute atomic E-state index is 0.0758. The van der Waals surface area contributed by atoms with Gasteiger partial charge in [-0.1, -0.05) is 0 Å². The molecule has 0 aliphatic carbocycles. The van der Waals surface area contributed by atoms with E-state index in [1.54, 1.807) is 0 Å². The van der Waals surface area contributed by atoms with Crippen LogP contribution in [0.4, 0.5) is 5.82 Å². The van der Waals surface area contributed by atoms with Gasteiger partial charge in [-0.3, -0.25) is 0 Å². The van der Waals surface area contributed by atoms with E-state index in [2.05, 4.69) is 21.0 Å². The average molecular weight is 152 g/mol. The van der Waals surface area contributed by atoms with Gasteiger partial charge in [-0.15, -0.1) is 0 Å². The van der Waals surface area contributed by atoms with Crippen LogP contribution in [0.15, 0.2) is 6.20 Å². The van der Waals surface area contributed by atoms with Gasteiger partial charge in [-0.05, 0) is 0 Å².